The van der Waals surface area contributed by atoms with E-state index in [4.69, 9.17) is 0 Å². The third-order valence-electron chi connectivity index (χ3n) is 3.94. The number of nitrogens with zero attached hydrogens (tertiary/aromatic N) is 1. The molecule has 0 saturated carbocycles. The molecule has 0 bridgehead atoms. The van der Waals surface area contributed by atoms with Crippen LogP contribution in [0.4, 0.5) is 0 Å². The predicted octanol–water partition coefficient (Wildman–Crippen LogP) is 2.19. The smallest absolute Gasteiger partial charge is 0.225 e. The van der Waals surface area contributed by atoms with Crippen LogP contribution in [-0.4, -0.2) is 35.3 Å². The van der Waals surface area contributed by atoms with Gasteiger partial charge < -0.3 is 10.2 Å². The highest BCUT2D eigenvalue weighted by Crippen LogP contribution is 2.20. The van der Waals surface area contributed by atoms with Crippen molar-refractivity contribution in [2.45, 2.75) is 59.4 Å². The Labute approximate surface area is 116 Å². The molecule has 1 aliphatic rings. The van der Waals surface area contributed by atoms with E-state index in [1.54, 1.807) is 0 Å². The molecule has 0 unspecified atom stereocenters. The predicted molar refractivity (Wildman–Crippen MR) is 76.7 cm³/mol. The first-order chi connectivity index (χ1) is 8.76. The normalized spacial score (nSPS) is 20.5. The molecule has 0 aromatic heterocycles. The molecule has 1 atom stereocenters. The summed E-state index contributed by atoms with van der Waals surface area (Å²) in [7, 11) is 0. The van der Waals surface area contributed by atoms with Gasteiger partial charge in [0.15, 0.2) is 0 Å². The lowest BCUT2D eigenvalue weighted by atomic mass is 9.94. The molecule has 19 heavy (non-hydrogen) atoms. The molecule has 1 heterocycles. The Hall–Kier alpha value is -1.06. The molecule has 1 rings (SSSR count). The van der Waals surface area contributed by atoms with Gasteiger partial charge in [0.2, 0.25) is 11.8 Å². The number of amides is 2. The Balaban J connectivity index is 2.60. The summed E-state index contributed by atoms with van der Waals surface area (Å²) in [4.78, 5) is 26.1. The third-order valence-corrected chi connectivity index (χ3v) is 3.94. The van der Waals surface area contributed by atoms with Crippen LogP contribution in [0.1, 0.15) is 53.9 Å². The molecule has 2 amide bonds. The van der Waals surface area contributed by atoms with Crippen LogP contribution < -0.4 is 5.32 Å². The molecule has 4 heteroatoms. The molecule has 4 nitrogen and oxygen atoms in total. The van der Waals surface area contributed by atoms with Gasteiger partial charge >= 0.3 is 0 Å². The van der Waals surface area contributed by atoms with Crippen LogP contribution in [0.3, 0.4) is 0 Å². The summed E-state index contributed by atoms with van der Waals surface area (Å²) in [5, 5.41) is 3.09. The number of carbonyl (C=O) groups excluding carboxylic acids is 2. The number of likely N-dealkylation sites (tertiary alicyclic amines) is 1. The molecular weight excluding hydrogens is 240 g/mol. The average molecular weight is 268 g/mol. The number of rotatable bonds is 4. The largest absolute Gasteiger partial charge is 0.351 e. The maximum atomic E-state index is 12.3. The summed E-state index contributed by atoms with van der Waals surface area (Å²) in [6.07, 6.45) is 2.71. The van der Waals surface area contributed by atoms with Gasteiger partial charge in [-0.3, -0.25) is 9.59 Å². The van der Waals surface area contributed by atoms with Crippen LogP contribution in [0, 0.1) is 11.8 Å². The molecule has 0 aromatic rings. The van der Waals surface area contributed by atoms with E-state index in [9.17, 15) is 9.59 Å². The molecule has 1 N–H and O–H groups in total. The van der Waals surface area contributed by atoms with Gasteiger partial charge in [0.05, 0.1) is 5.92 Å². The summed E-state index contributed by atoms with van der Waals surface area (Å²) < 4.78 is 0. The second-order valence-electron chi connectivity index (χ2n) is 6.50. The minimum atomic E-state index is -0.165. The Kier molecular flexibility index (Phi) is 5.39. The van der Waals surface area contributed by atoms with Crippen molar-refractivity contribution in [1.29, 1.82) is 0 Å². The van der Waals surface area contributed by atoms with Crippen LogP contribution in [0.5, 0.6) is 0 Å². The number of hydrogen-bond donors (Lipinski definition) is 1. The molecule has 1 saturated heterocycles. The van der Waals surface area contributed by atoms with Crippen LogP contribution in [0.25, 0.3) is 0 Å². The van der Waals surface area contributed by atoms with E-state index < -0.39 is 0 Å². The molecule has 0 aromatic carbocycles. The van der Waals surface area contributed by atoms with Gasteiger partial charge in [0.1, 0.15) is 0 Å². The topological polar surface area (TPSA) is 49.4 Å². The van der Waals surface area contributed by atoms with E-state index in [2.05, 4.69) is 12.2 Å². The second-order valence-corrected chi connectivity index (χ2v) is 6.50. The fourth-order valence-corrected chi connectivity index (χ4v) is 2.28. The van der Waals surface area contributed by atoms with Gasteiger partial charge in [0, 0.05) is 24.5 Å². The zero-order valence-electron chi connectivity index (χ0n) is 13.0. The maximum Gasteiger partial charge on any atom is 0.225 e. The first-order valence-corrected chi connectivity index (χ1v) is 7.37. The maximum absolute atomic E-state index is 12.3. The van der Waals surface area contributed by atoms with Crippen molar-refractivity contribution in [3.8, 4) is 0 Å². The molecular formula is C15H28N2O2. The number of hydrogen-bond acceptors (Lipinski definition) is 2. The number of nitrogens with one attached hydrogen (secondary N) is 1. The first kappa shape index (κ1) is 16.0. The standard InChI is InChI=1S/C15H28N2O2/c1-6-15(4,5)16-13(18)12-8-7-9-17(10-12)14(19)11(2)3/h11-12H,6-10H2,1-5H3,(H,16,18)/t12-/m1/s1. The second kappa shape index (κ2) is 6.40. The van der Waals surface area contributed by atoms with Crippen molar-refractivity contribution in [2.75, 3.05) is 13.1 Å². The van der Waals surface area contributed by atoms with Crippen molar-refractivity contribution < 1.29 is 9.59 Å². The van der Waals surface area contributed by atoms with Crippen LogP contribution in [0.15, 0.2) is 0 Å². The molecule has 110 valence electrons. The quantitative estimate of drug-likeness (QED) is 0.849. The minimum Gasteiger partial charge on any atom is -0.351 e. The lowest BCUT2D eigenvalue weighted by Crippen LogP contribution is -2.51. The van der Waals surface area contributed by atoms with Crippen molar-refractivity contribution in [3.63, 3.8) is 0 Å². The van der Waals surface area contributed by atoms with Gasteiger partial charge in [-0.1, -0.05) is 20.8 Å². The summed E-state index contributed by atoms with van der Waals surface area (Å²) in [5.41, 5.74) is -0.165. The average Bonchev–Trinajstić information content (AvgIpc) is 2.37. The van der Waals surface area contributed by atoms with Crippen molar-refractivity contribution in [3.05, 3.63) is 0 Å². The zero-order chi connectivity index (χ0) is 14.6. The Morgan fingerprint density at radius 2 is 2.00 bits per heavy atom. The van der Waals surface area contributed by atoms with E-state index in [0.29, 0.717) is 6.54 Å². The van der Waals surface area contributed by atoms with E-state index in [-0.39, 0.29) is 29.2 Å². The highest BCUT2D eigenvalue weighted by Gasteiger charge is 2.31. The van der Waals surface area contributed by atoms with Gasteiger partial charge in [-0.15, -0.1) is 0 Å². The summed E-state index contributed by atoms with van der Waals surface area (Å²) in [6, 6.07) is 0. The van der Waals surface area contributed by atoms with E-state index in [1.165, 1.54) is 0 Å². The highest BCUT2D eigenvalue weighted by molar-refractivity contribution is 5.82. The van der Waals surface area contributed by atoms with Crippen molar-refractivity contribution in [2.24, 2.45) is 11.8 Å². The fourth-order valence-electron chi connectivity index (χ4n) is 2.28. The molecule has 0 spiro atoms. The van der Waals surface area contributed by atoms with Gasteiger partial charge in [0.25, 0.3) is 0 Å². The molecule has 1 fully saturated rings. The van der Waals surface area contributed by atoms with Crippen LogP contribution in [0.2, 0.25) is 0 Å². The third kappa shape index (κ3) is 4.51. The lowest BCUT2D eigenvalue weighted by Gasteiger charge is -2.35. The lowest BCUT2D eigenvalue weighted by molar-refractivity contribution is -0.138. The van der Waals surface area contributed by atoms with Gasteiger partial charge in [-0.25, -0.2) is 0 Å². The van der Waals surface area contributed by atoms with Crippen molar-refractivity contribution >= 4 is 11.8 Å². The fraction of sp³-hybridized carbons (Fsp3) is 0.867. The van der Waals surface area contributed by atoms with E-state index in [1.807, 2.05) is 32.6 Å². The minimum absolute atomic E-state index is 0.00824. The van der Waals surface area contributed by atoms with Gasteiger partial charge in [-0.05, 0) is 33.1 Å². The van der Waals surface area contributed by atoms with Crippen LogP contribution in [-0.2, 0) is 9.59 Å². The first-order valence-electron chi connectivity index (χ1n) is 7.37. The van der Waals surface area contributed by atoms with Gasteiger partial charge in [-0.2, -0.15) is 0 Å². The van der Waals surface area contributed by atoms with Crippen LogP contribution >= 0.6 is 0 Å². The summed E-state index contributed by atoms with van der Waals surface area (Å²) in [5.74, 6) is 0.205. The zero-order valence-corrected chi connectivity index (χ0v) is 13.0. The molecule has 0 aliphatic carbocycles. The Bertz CT molecular complexity index is 337. The number of piperidine rings is 1. The molecule has 1 aliphatic heterocycles. The van der Waals surface area contributed by atoms with E-state index >= 15 is 0 Å². The summed E-state index contributed by atoms with van der Waals surface area (Å²) >= 11 is 0. The Morgan fingerprint density at radius 3 is 2.53 bits per heavy atom. The van der Waals surface area contributed by atoms with E-state index in [0.717, 1.165) is 25.8 Å². The SMILES string of the molecule is CCC(C)(C)NC(=O)[C@@H]1CCCN(C(=O)C(C)C)C1. The number of carbonyl (C=O) groups is 2. The highest BCUT2D eigenvalue weighted by atomic mass is 16.2. The monoisotopic (exact) mass is 268 g/mol. The Morgan fingerprint density at radius 1 is 1.37 bits per heavy atom. The summed E-state index contributed by atoms with van der Waals surface area (Å²) in [6.45, 7) is 11.3. The van der Waals surface area contributed by atoms with Crippen molar-refractivity contribution in [1.82, 2.24) is 10.2 Å². The molecule has 0 radical (unpaired) electrons.